The van der Waals surface area contributed by atoms with Gasteiger partial charge < -0.3 is 21.1 Å². The van der Waals surface area contributed by atoms with Gasteiger partial charge in [0.15, 0.2) is 0 Å². The largest absolute Gasteiger partial charge is 0.376 e. The van der Waals surface area contributed by atoms with Crippen LogP contribution in [0.4, 0.5) is 14.5 Å². The molecule has 2 saturated heterocycles. The molecule has 2 aliphatic rings. The first-order valence-corrected chi connectivity index (χ1v) is 17.4. The Balaban J connectivity index is 1.36. The van der Waals surface area contributed by atoms with Gasteiger partial charge in [-0.3, -0.25) is 4.79 Å². The first kappa shape index (κ1) is 34.1. The Morgan fingerprint density at radius 3 is 2.33 bits per heavy atom. The predicted molar refractivity (Wildman–Crippen MR) is 175 cm³/mol. The Hall–Kier alpha value is -3.22. The van der Waals surface area contributed by atoms with Crippen LogP contribution in [0.2, 0.25) is 0 Å². The van der Waals surface area contributed by atoms with Gasteiger partial charge in [-0.25, -0.2) is 17.2 Å². The predicted octanol–water partition coefficient (Wildman–Crippen LogP) is 5.20. The zero-order valence-corrected chi connectivity index (χ0v) is 27.4. The van der Waals surface area contributed by atoms with Gasteiger partial charge in [-0.15, -0.1) is 0 Å². The summed E-state index contributed by atoms with van der Waals surface area (Å²) in [5, 5.41) is 6.18. The molecule has 0 bridgehead atoms. The molecule has 2 aliphatic heterocycles. The van der Waals surface area contributed by atoms with Crippen LogP contribution < -0.4 is 16.4 Å². The van der Waals surface area contributed by atoms with E-state index in [2.05, 4.69) is 10.6 Å². The van der Waals surface area contributed by atoms with Crippen molar-refractivity contribution < 1.29 is 26.7 Å². The maximum atomic E-state index is 15.4. The molecule has 0 aliphatic carbocycles. The number of rotatable bonds is 10. The lowest BCUT2D eigenvalue weighted by Crippen LogP contribution is -2.58. The number of sulfonamides is 1. The molecule has 46 heavy (non-hydrogen) atoms. The second-order valence-electron chi connectivity index (χ2n) is 12.7. The molecule has 0 saturated carbocycles. The smallest absolute Gasteiger partial charge is 0.243 e. The first-order chi connectivity index (χ1) is 22.0. The third kappa shape index (κ3) is 7.66. The molecule has 1 amide bonds. The molecule has 3 aromatic carbocycles. The van der Waals surface area contributed by atoms with Crippen molar-refractivity contribution in [1.29, 1.82) is 0 Å². The van der Waals surface area contributed by atoms with Crippen LogP contribution in [-0.4, -0.2) is 62.1 Å². The van der Waals surface area contributed by atoms with Crippen LogP contribution >= 0.6 is 0 Å². The number of benzene rings is 3. The maximum absolute atomic E-state index is 15.4. The molecular formula is C35H44F2N4O4S. The summed E-state index contributed by atoms with van der Waals surface area (Å²) in [6.45, 7) is 6.75. The van der Waals surface area contributed by atoms with Crippen molar-refractivity contribution >= 4 is 21.6 Å². The lowest BCUT2D eigenvalue weighted by atomic mass is 9.74. The molecule has 3 aromatic rings. The Bertz CT molecular complexity index is 1580. The highest BCUT2D eigenvalue weighted by Crippen LogP contribution is 2.39. The molecule has 7 atom stereocenters. The number of carbonyl (C=O) groups excluding carboxylic acids is 1. The van der Waals surface area contributed by atoms with E-state index in [-0.39, 0.29) is 46.9 Å². The third-order valence-corrected chi connectivity index (χ3v) is 11.3. The summed E-state index contributed by atoms with van der Waals surface area (Å²) in [6, 6.07) is 17.1. The second-order valence-corrected chi connectivity index (χ2v) is 14.5. The van der Waals surface area contributed by atoms with E-state index in [1.807, 2.05) is 20.8 Å². The van der Waals surface area contributed by atoms with Gasteiger partial charge in [0.1, 0.15) is 11.6 Å². The van der Waals surface area contributed by atoms with E-state index in [9.17, 15) is 17.6 Å². The number of piperazine rings is 1. The minimum absolute atomic E-state index is 0.00952. The van der Waals surface area contributed by atoms with Crippen molar-refractivity contribution in [2.24, 2.45) is 11.7 Å². The monoisotopic (exact) mass is 654 g/mol. The van der Waals surface area contributed by atoms with Crippen molar-refractivity contribution in [2.45, 2.75) is 87.6 Å². The molecule has 2 heterocycles. The van der Waals surface area contributed by atoms with Crippen molar-refractivity contribution in [3.63, 3.8) is 0 Å². The Morgan fingerprint density at radius 1 is 0.978 bits per heavy atom. The Labute approximate surface area is 270 Å². The number of hydrogen-bond donors (Lipinski definition) is 3. The van der Waals surface area contributed by atoms with Crippen LogP contribution in [0.15, 0.2) is 77.7 Å². The lowest BCUT2D eigenvalue weighted by molar-refractivity contribution is -0.119. The number of nitrogens with two attached hydrogens (primary N) is 1. The van der Waals surface area contributed by atoms with Gasteiger partial charge in [0.2, 0.25) is 15.9 Å². The van der Waals surface area contributed by atoms with Gasteiger partial charge in [0.25, 0.3) is 0 Å². The number of carbonyl (C=O) groups is 1. The molecule has 0 aromatic heterocycles. The van der Waals surface area contributed by atoms with E-state index in [0.717, 1.165) is 5.56 Å². The molecule has 11 heteroatoms. The van der Waals surface area contributed by atoms with Gasteiger partial charge in [-0.05, 0) is 94.3 Å². The summed E-state index contributed by atoms with van der Waals surface area (Å²) >= 11 is 0. The minimum Gasteiger partial charge on any atom is -0.376 e. The van der Waals surface area contributed by atoms with Crippen molar-refractivity contribution in [3.8, 4) is 0 Å². The average Bonchev–Trinajstić information content (AvgIpc) is 3.01. The maximum Gasteiger partial charge on any atom is 0.243 e. The van der Waals surface area contributed by atoms with E-state index in [1.165, 1.54) is 28.6 Å². The molecule has 5 rings (SSSR count). The van der Waals surface area contributed by atoms with Gasteiger partial charge in [-0.1, -0.05) is 36.4 Å². The summed E-state index contributed by atoms with van der Waals surface area (Å²) in [6.07, 6.45) is 1.85. The van der Waals surface area contributed by atoms with Crippen LogP contribution in [-0.2, 0) is 26.0 Å². The topological polar surface area (TPSA) is 114 Å². The SMILES string of the molecule is C[C@@H]1CC([C@H](c2ccc(F)cc2)[C@H](N)C(=O)Nc2cccc(F)c2CC[C@H]2CNC[C@@H](C)N2S(=O)(=O)c2ccccc2)C[C@H](C)O1. The summed E-state index contributed by atoms with van der Waals surface area (Å²) in [4.78, 5) is 14.0. The van der Waals surface area contributed by atoms with Gasteiger partial charge in [0, 0.05) is 42.3 Å². The first-order valence-electron chi connectivity index (χ1n) is 16.0. The summed E-state index contributed by atoms with van der Waals surface area (Å²) in [5.74, 6) is -1.76. The van der Waals surface area contributed by atoms with E-state index in [0.29, 0.717) is 38.0 Å². The summed E-state index contributed by atoms with van der Waals surface area (Å²) in [5.41, 5.74) is 8.03. The Morgan fingerprint density at radius 2 is 1.65 bits per heavy atom. The molecule has 248 valence electrons. The van der Waals surface area contributed by atoms with Crippen LogP contribution in [0, 0.1) is 17.6 Å². The fourth-order valence-electron chi connectivity index (χ4n) is 7.20. The van der Waals surface area contributed by atoms with E-state index in [1.54, 1.807) is 48.5 Å². The number of amides is 1. The lowest BCUT2D eigenvalue weighted by Gasteiger charge is -2.40. The molecular weight excluding hydrogens is 610 g/mol. The average molecular weight is 655 g/mol. The highest BCUT2D eigenvalue weighted by molar-refractivity contribution is 7.89. The highest BCUT2D eigenvalue weighted by Gasteiger charge is 2.39. The molecule has 2 fully saturated rings. The number of nitrogens with zero attached hydrogens (tertiary/aromatic N) is 1. The van der Waals surface area contributed by atoms with Crippen molar-refractivity contribution in [1.82, 2.24) is 9.62 Å². The zero-order valence-electron chi connectivity index (χ0n) is 26.5. The number of ether oxygens (including phenoxy) is 1. The molecule has 1 unspecified atom stereocenters. The van der Waals surface area contributed by atoms with Crippen LogP contribution in [0.5, 0.6) is 0 Å². The quantitative estimate of drug-likeness (QED) is 0.277. The minimum atomic E-state index is -3.79. The molecule has 4 N–H and O–H groups in total. The van der Waals surface area contributed by atoms with Crippen LogP contribution in [0.25, 0.3) is 0 Å². The highest BCUT2D eigenvalue weighted by atomic mass is 32.2. The van der Waals surface area contributed by atoms with Crippen molar-refractivity contribution in [2.75, 3.05) is 18.4 Å². The second kappa shape index (κ2) is 14.7. The number of halogens is 2. The number of nitrogens with one attached hydrogen (secondary N) is 2. The third-order valence-electron chi connectivity index (χ3n) is 9.22. The van der Waals surface area contributed by atoms with Crippen LogP contribution in [0.1, 0.15) is 57.1 Å². The fraction of sp³-hybridized carbons (Fsp3) is 0.457. The van der Waals surface area contributed by atoms with E-state index in [4.69, 9.17) is 10.5 Å². The molecule has 8 nitrogen and oxygen atoms in total. The van der Waals surface area contributed by atoms with E-state index < -0.39 is 39.7 Å². The van der Waals surface area contributed by atoms with Crippen molar-refractivity contribution in [3.05, 3.63) is 95.6 Å². The standard InChI is InChI=1S/C35H44F2N4O4S/c1-22-20-39-21-28(41(22)46(43,44)29-8-5-4-6-9-29)16-17-30-31(37)10-7-11-32(30)40-35(42)34(38)33(25-12-14-27(36)15-13-25)26-18-23(2)45-24(3)19-26/h4-15,22-24,26,28,33-34,39H,16-21,38H2,1-3H3,(H,40,42)/t22-,23-,24+,26?,28+,33+,34+/m1/s1. The van der Waals surface area contributed by atoms with Gasteiger partial charge in [-0.2, -0.15) is 4.31 Å². The van der Waals surface area contributed by atoms with Gasteiger partial charge in [0.05, 0.1) is 23.1 Å². The molecule has 0 radical (unpaired) electrons. The van der Waals surface area contributed by atoms with E-state index >= 15 is 4.39 Å². The van der Waals surface area contributed by atoms with Gasteiger partial charge >= 0.3 is 0 Å². The fourth-order valence-corrected chi connectivity index (χ4v) is 9.07. The molecule has 0 spiro atoms. The zero-order chi connectivity index (χ0) is 33.0. The number of hydrogen-bond acceptors (Lipinski definition) is 6. The Kier molecular flexibility index (Phi) is 10.9. The summed E-state index contributed by atoms with van der Waals surface area (Å²) < 4.78 is 64.0. The normalized spacial score (nSPS) is 25.5. The van der Waals surface area contributed by atoms with Crippen LogP contribution in [0.3, 0.4) is 0 Å². The summed E-state index contributed by atoms with van der Waals surface area (Å²) in [7, 11) is -3.79. The number of anilines is 1.